The first-order valence-corrected chi connectivity index (χ1v) is 8.57. The van der Waals surface area contributed by atoms with Crippen molar-refractivity contribution in [3.8, 4) is 0 Å². The molecule has 0 spiro atoms. The summed E-state index contributed by atoms with van der Waals surface area (Å²) < 4.78 is 0. The Balaban J connectivity index is 2.67. The second-order valence-corrected chi connectivity index (χ2v) is 6.53. The molecule has 142 valence electrons. The third kappa shape index (κ3) is 6.00. The highest BCUT2D eigenvalue weighted by Gasteiger charge is 2.32. The molecule has 3 atom stereocenters. The van der Waals surface area contributed by atoms with Crippen LogP contribution in [0.15, 0.2) is 0 Å². The van der Waals surface area contributed by atoms with Gasteiger partial charge in [0.15, 0.2) is 0 Å². The number of hydrogen-bond acceptors (Lipinski definition) is 5. The number of carboxylic acids is 1. The Labute approximate surface area is 147 Å². The van der Waals surface area contributed by atoms with Crippen molar-refractivity contribution in [3.05, 3.63) is 0 Å². The van der Waals surface area contributed by atoms with Crippen molar-refractivity contribution in [2.75, 3.05) is 6.54 Å². The lowest BCUT2D eigenvalue weighted by molar-refractivity contribution is -0.148. The number of carboxylic acid groups (broad SMARTS) is 1. The van der Waals surface area contributed by atoms with Crippen molar-refractivity contribution >= 4 is 23.7 Å². The summed E-state index contributed by atoms with van der Waals surface area (Å²) in [6.45, 7) is 7.21. The highest BCUT2D eigenvalue weighted by atomic mass is 16.4. The van der Waals surface area contributed by atoms with Crippen molar-refractivity contribution in [1.29, 1.82) is 0 Å². The Morgan fingerprint density at radius 2 is 1.84 bits per heavy atom. The third-order valence-corrected chi connectivity index (χ3v) is 4.07. The lowest BCUT2D eigenvalue weighted by atomic mass is 10.0. The monoisotopic (exact) mass is 356 g/mol. The van der Waals surface area contributed by atoms with Crippen LogP contribution in [-0.4, -0.2) is 58.5 Å². The van der Waals surface area contributed by atoms with Gasteiger partial charge in [-0.25, -0.2) is 5.43 Å². The minimum Gasteiger partial charge on any atom is -0.480 e. The molecule has 1 aliphatic rings. The van der Waals surface area contributed by atoms with Gasteiger partial charge in [0.25, 0.3) is 5.91 Å². The summed E-state index contributed by atoms with van der Waals surface area (Å²) in [4.78, 5) is 47.5. The maximum Gasteiger partial charge on any atom is 0.322 e. The van der Waals surface area contributed by atoms with Crippen LogP contribution in [0.3, 0.4) is 0 Å². The molecule has 0 bridgehead atoms. The second kappa shape index (κ2) is 9.36. The standard InChI is InChI=1S/C16H28N4O5/c1-5-12(21)18-13(9(2)3)14(22)17-10(4)15(23)20-8-6-7-11(19-20)16(24)25/h9-11,13,19H,5-8H2,1-4H3,(H,17,22)(H,18,21)(H,24,25)/t10-,11-,13-/m0/s1. The molecule has 0 aromatic rings. The van der Waals surface area contributed by atoms with Gasteiger partial charge in [0.2, 0.25) is 11.8 Å². The van der Waals surface area contributed by atoms with Gasteiger partial charge in [-0.05, 0) is 25.7 Å². The molecule has 1 fully saturated rings. The second-order valence-electron chi connectivity index (χ2n) is 6.53. The summed E-state index contributed by atoms with van der Waals surface area (Å²) in [6.07, 6.45) is 1.27. The number of carbonyl (C=O) groups excluding carboxylic acids is 3. The maximum absolute atomic E-state index is 12.4. The molecule has 1 aliphatic heterocycles. The summed E-state index contributed by atoms with van der Waals surface area (Å²) in [5.74, 6) is -2.25. The molecule has 0 aromatic heterocycles. The van der Waals surface area contributed by atoms with Crippen LogP contribution in [0.5, 0.6) is 0 Å². The van der Waals surface area contributed by atoms with E-state index >= 15 is 0 Å². The predicted molar refractivity (Wildman–Crippen MR) is 90.2 cm³/mol. The number of amides is 3. The lowest BCUT2D eigenvalue weighted by Crippen LogP contribution is -2.60. The van der Waals surface area contributed by atoms with E-state index in [2.05, 4.69) is 16.1 Å². The molecule has 0 radical (unpaired) electrons. The first kappa shape index (κ1) is 20.9. The summed E-state index contributed by atoms with van der Waals surface area (Å²) >= 11 is 0. The van der Waals surface area contributed by atoms with Crippen molar-refractivity contribution in [2.45, 2.75) is 65.1 Å². The van der Waals surface area contributed by atoms with Crippen molar-refractivity contribution < 1.29 is 24.3 Å². The SMILES string of the molecule is CCC(=O)N[C@H](C(=O)N[C@@H](C)C(=O)N1CCC[C@@H](C(=O)O)N1)C(C)C. The molecule has 0 aromatic carbocycles. The molecule has 0 aliphatic carbocycles. The zero-order valence-electron chi connectivity index (χ0n) is 15.2. The Morgan fingerprint density at radius 3 is 2.36 bits per heavy atom. The molecule has 4 N–H and O–H groups in total. The fraction of sp³-hybridized carbons (Fsp3) is 0.750. The smallest absolute Gasteiger partial charge is 0.322 e. The zero-order valence-corrected chi connectivity index (χ0v) is 15.2. The predicted octanol–water partition coefficient (Wildman–Crippen LogP) is -0.378. The maximum atomic E-state index is 12.4. The molecule has 0 unspecified atom stereocenters. The van der Waals surface area contributed by atoms with Gasteiger partial charge in [0.05, 0.1) is 0 Å². The minimum atomic E-state index is -1.02. The van der Waals surface area contributed by atoms with E-state index in [1.165, 1.54) is 11.9 Å². The average molecular weight is 356 g/mol. The first-order chi connectivity index (χ1) is 11.7. The number of nitrogens with zero attached hydrogens (tertiary/aromatic N) is 1. The molecule has 9 nitrogen and oxygen atoms in total. The van der Waals surface area contributed by atoms with Gasteiger partial charge in [0.1, 0.15) is 18.1 Å². The molecule has 3 amide bonds. The number of nitrogens with one attached hydrogen (secondary N) is 3. The van der Waals surface area contributed by atoms with Crippen LogP contribution >= 0.6 is 0 Å². The van der Waals surface area contributed by atoms with E-state index in [0.717, 1.165) is 0 Å². The summed E-state index contributed by atoms with van der Waals surface area (Å²) in [7, 11) is 0. The van der Waals surface area contributed by atoms with E-state index in [-0.39, 0.29) is 18.2 Å². The van der Waals surface area contributed by atoms with Gasteiger partial charge in [0, 0.05) is 13.0 Å². The summed E-state index contributed by atoms with van der Waals surface area (Å²) in [6, 6.07) is -2.39. The van der Waals surface area contributed by atoms with E-state index in [4.69, 9.17) is 5.11 Å². The normalized spacial score (nSPS) is 19.9. The topological polar surface area (TPSA) is 128 Å². The Morgan fingerprint density at radius 1 is 1.20 bits per heavy atom. The first-order valence-electron chi connectivity index (χ1n) is 8.57. The molecule has 9 heteroatoms. The number of carbonyl (C=O) groups is 4. The number of aliphatic carboxylic acids is 1. The molecular formula is C16H28N4O5. The molecule has 25 heavy (non-hydrogen) atoms. The number of rotatable bonds is 7. The summed E-state index contributed by atoms with van der Waals surface area (Å²) in [5, 5.41) is 15.5. The largest absolute Gasteiger partial charge is 0.480 e. The molecule has 1 saturated heterocycles. The quantitative estimate of drug-likeness (QED) is 0.492. The Kier molecular flexibility index (Phi) is 7.82. The average Bonchev–Trinajstić information content (AvgIpc) is 2.58. The highest BCUT2D eigenvalue weighted by Crippen LogP contribution is 2.09. The van der Waals surface area contributed by atoms with Crippen molar-refractivity contribution in [3.63, 3.8) is 0 Å². The van der Waals surface area contributed by atoms with Gasteiger partial charge in [-0.15, -0.1) is 0 Å². The van der Waals surface area contributed by atoms with Gasteiger partial charge in [-0.2, -0.15) is 0 Å². The summed E-state index contributed by atoms with van der Waals surface area (Å²) in [5.41, 5.74) is 2.66. The fourth-order valence-corrected chi connectivity index (χ4v) is 2.53. The Hall–Kier alpha value is -2.16. The van der Waals surface area contributed by atoms with E-state index in [0.29, 0.717) is 19.4 Å². The van der Waals surface area contributed by atoms with Crippen LogP contribution in [0.2, 0.25) is 0 Å². The van der Waals surface area contributed by atoms with E-state index in [1.807, 2.05) is 0 Å². The lowest BCUT2D eigenvalue weighted by Gasteiger charge is -2.34. The molecule has 0 saturated carbocycles. The van der Waals surface area contributed by atoms with Crippen LogP contribution < -0.4 is 16.1 Å². The van der Waals surface area contributed by atoms with Gasteiger partial charge < -0.3 is 15.7 Å². The van der Waals surface area contributed by atoms with E-state index < -0.39 is 35.9 Å². The minimum absolute atomic E-state index is 0.137. The fourth-order valence-electron chi connectivity index (χ4n) is 2.53. The van der Waals surface area contributed by atoms with Crippen LogP contribution in [0, 0.1) is 5.92 Å². The Bertz CT molecular complexity index is 523. The van der Waals surface area contributed by atoms with Gasteiger partial charge in [-0.1, -0.05) is 20.8 Å². The van der Waals surface area contributed by atoms with Crippen LogP contribution in [-0.2, 0) is 19.2 Å². The van der Waals surface area contributed by atoms with Crippen molar-refractivity contribution in [2.24, 2.45) is 5.92 Å². The number of hydrazine groups is 1. The van der Waals surface area contributed by atoms with E-state index in [9.17, 15) is 19.2 Å². The zero-order chi connectivity index (χ0) is 19.1. The number of hydrogen-bond donors (Lipinski definition) is 4. The van der Waals surface area contributed by atoms with Gasteiger partial charge >= 0.3 is 5.97 Å². The van der Waals surface area contributed by atoms with Gasteiger partial charge in [-0.3, -0.25) is 24.2 Å². The highest BCUT2D eigenvalue weighted by molar-refractivity contribution is 5.92. The molecule has 1 heterocycles. The van der Waals surface area contributed by atoms with E-state index in [1.54, 1.807) is 20.8 Å². The van der Waals surface area contributed by atoms with Crippen LogP contribution in [0.25, 0.3) is 0 Å². The third-order valence-electron chi connectivity index (χ3n) is 4.07. The molecular weight excluding hydrogens is 328 g/mol. The van der Waals surface area contributed by atoms with Crippen LogP contribution in [0.1, 0.15) is 47.0 Å². The van der Waals surface area contributed by atoms with Crippen LogP contribution in [0.4, 0.5) is 0 Å². The molecule has 1 rings (SSSR count). The van der Waals surface area contributed by atoms with Crippen molar-refractivity contribution in [1.82, 2.24) is 21.1 Å².